The van der Waals surface area contributed by atoms with Gasteiger partial charge in [-0.05, 0) is 18.3 Å². The molecule has 21 heavy (non-hydrogen) atoms. The SMILES string of the molecule is CC(C)(C)[C@H](NC(=O)NCCC(=O)N1CCCC1)C(=O)O. The average molecular weight is 299 g/mol. The molecule has 120 valence electrons. The van der Waals surface area contributed by atoms with Gasteiger partial charge in [-0.1, -0.05) is 20.8 Å². The summed E-state index contributed by atoms with van der Waals surface area (Å²) in [6.45, 7) is 7.00. The summed E-state index contributed by atoms with van der Waals surface area (Å²) in [7, 11) is 0. The minimum atomic E-state index is -1.08. The molecule has 0 radical (unpaired) electrons. The van der Waals surface area contributed by atoms with Crippen LogP contribution in [-0.2, 0) is 9.59 Å². The van der Waals surface area contributed by atoms with Crippen molar-refractivity contribution in [3.8, 4) is 0 Å². The highest BCUT2D eigenvalue weighted by Crippen LogP contribution is 2.19. The van der Waals surface area contributed by atoms with E-state index in [1.54, 1.807) is 25.7 Å². The highest BCUT2D eigenvalue weighted by molar-refractivity contribution is 5.83. The lowest BCUT2D eigenvalue weighted by Crippen LogP contribution is -2.52. The third kappa shape index (κ3) is 5.61. The Morgan fingerprint density at radius 3 is 2.24 bits per heavy atom. The zero-order valence-electron chi connectivity index (χ0n) is 12.9. The van der Waals surface area contributed by atoms with Gasteiger partial charge in [0.25, 0.3) is 0 Å². The Bertz CT molecular complexity index is 398. The van der Waals surface area contributed by atoms with E-state index in [2.05, 4.69) is 10.6 Å². The average Bonchev–Trinajstić information content (AvgIpc) is 2.87. The van der Waals surface area contributed by atoms with E-state index in [4.69, 9.17) is 5.11 Å². The predicted molar refractivity (Wildman–Crippen MR) is 77.8 cm³/mol. The standard InChI is InChI=1S/C14H25N3O4/c1-14(2,3)11(12(19)20)16-13(21)15-7-6-10(18)17-8-4-5-9-17/h11H,4-9H2,1-3H3,(H,19,20)(H2,15,16,21)/t11-/m1/s1. The van der Waals surface area contributed by atoms with Gasteiger partial charge in [-0.25, -0.2) is 9.59 Å². The fraction of sp³-hybridized carbons (Fsp3) is 0.786. The second-order valence-corrected chi connectivity index (χ2v) is 6.38. The number of amides is 3. The van der Waals surface area contributed by atoms with Crippen LogP contribution in [0.5, 0.6) is 0 Å². The Kier molecular flexibility index (Phi) is 5.99. The zero-order valence-corrected chi connectivity index (χ0v) is 12.9. The molecule has 1 fully saturated rings. The fourth-order valence-corrected chi connectivity index (χ4v) is 2.24. The molecule has 0 aromatic heterocycles. The van der Waals surface area contributed by atoms with Crippen molar-refractivity contribution in [3.05, 3.63) is 0 Å². The molecule has 1 heterocycles. The van der Waals surface area contributed by atoms with Crippen LogP contribution < -0.4 is 10.6 Å². The van der Waals surface area contributed by atoms with E-state index < -0.39 is 23.5 Å². The number of rotatable bonds is 5. The van der Waals surface area contributed by atoms with Gasteiger partial charge < -0.3 is 20.6 Å². The summed E-state index contributed by atoms with van der Waals surface area (Å²) in [6, 6.07) is -1.54. The molecule has 0 aromatic rings. The van der Waals surface area contributed by atoms with E-state index in [-0.39, 0.29) is 18.9 Å². The molecule has 1 saturated heterocycles. The number of carboxylic acids is 1. The maximum absolute atomic E-state index is 11.8. The van der Waals surface area contributed by atoms with Crippen LogP contribution in [0.4, 0.5) is 4.79 Å². The van der Waals surface area contributed by atoms with Crippen LogP contribution in [0, 0.1) is 5.41 Å². The van der Waals surface area contributed by atoms with Crippen molar-refractivity contribution < 1.29 is 19.5 Å². The van der Waals surface area contributed by atoms with Crippen LogP contribution in [0.3, 0.4) is 0 Å². The Labute approximate surface area is 125 Å². The third-order valence-electron chi connectivity index (χ3n) is 3.47. The molecule has 0 aromatic carbocycles. The van der Waals surface area contributed by atoms with Gasteiger partial charge in [0.1, 0.15) is 6.04 Å². The molecule has 1 aliphatic rings. The van der Waals surface area contributed by atoms with Gasteiger partial charge in [0, 0.05) is 26.1 Å². The van der Waals surface area contributed by atoms with Gasteiger partial charge in [0.2, 0.25) is 5.91 Å². The van der Waals surface area contributed by atoms with E-state index in [1.165, 1.54) is 0 Å². The van der Waals surface area contributed by atoms with Crippen LogP contribution in [0.2, 0.25) is 0 Å². The second-order valence-electron chi connectivity index (χ2n) is 6.38. The fourth-order valence-electron chi connectivity index (χ4n) is 2.24. The van der Waals surface area contributed by atoms with Crippen molar-refractivity contribution in [2.45, 2.75) is 46.1 Å². The minimum absolute atomic E-state index is 0.0263. The molecular formula is C14H25N3O4. The lowest BCUT2D eigenvalue weighted by atomic mass is 9.87. The van der Waals surface area contributed by atoms with E-state index in [9.17, 15) is 14.4 Å². The molecule has 1 rings (SSSR count). The minimum Gasteiger partial charge on any atom is -0.480 e. The summed E-state index contributed by atoms with van der Waals surface area (Å²) in [5, 5.41) is 14.1. The number of likely N-dealkylation sites (tertiary alicyclic amines) is 1. The van der Waals surface area contributed by atoms with Crippen molar-refractivity contribution >= 4 is 17.9 Å². The quantitative estimate of drug-likeness (QED) is 0.699. The first kappa shape index (κ1) is 17.3. The van der Waals surface area contributed by atoms with Gasteiger partial charge in [0.15, 0.2) is 0 Å². The lowest BCUT2D eigenvalue weighted by molar-refractivity contribution is -0.142. The molecule has 0 unspecified atom stereocenters. The molecule has 0 aliphatic carbocycles. The number of hydrogen-bond acceptors (Lipinski definition) is 3. The Balaban J connectivity index is 2.33. The molecular weight excluding hydrogens is 274 g/mol. The molecule has 7 nitrogen and oxygen atoms in total. The summed E-state index contributed by atoms with van der Waals surface area (Å²) < 4.78 is 0. The van der Waals surface area contributed by atoms with Gasteiger partial charge >= 0.3 is 12.0 Å². The Morgan fingerprint density at radius 2 is 1.76 bits per heavy atom. The molecule has 1 atom stereocenters. The number of nitrogens with zero attached hydrogens (tertiary/aromatic N) is 1. The maximum Gasteiger partial charge on any atom is 0.326 e. The monoisotopic (exact) mass is 299 g/mol. The second kappa shape index (κ2) is 7.28. The van der Waals surface area contributed by atoms with Crippen LogP contribution >= 0.6 is 0 Å². The normalized spacial score (nSPS) is 16.4. The van der Waals surface area contributed by atoms with Gasteiger partial charge in [0.05, 0.1) is 0 Å². The zero-order chi connectivity index (χ0) is 16.0. The number of carboxylic acid groups (broad SMARTS) is 1. The van der Waals surface area contributed by atoms with Crippen molar-refractivity contribution in [1.82, 2.24) is 15.5 Å². The summed E-state index contributed by atoms with van der Waals surface area (Å²) in [5.74, 6) is -1.05. The molecule has 3 N–H and O–H groups in total. The largest absolute Gasteiger partial charge is 0.480 e. The maximum atomic E-state index is 11.8. The number of nitrogens with one attached hydrogen (secondary N) is 2. The number of aliphatic carboxylic acids is 1. The number of urea groups is 1. The number of carbonyl (C=O) groups excluding carboxylic acids is 2. The van der Waals surface area contributed by atoms with Crippen molar-refractivity contribution in [2.75, 3.05) is 19.6 Å². The van der Waals surface area contributed by atoms with Gasteiger partial charge in [-0.3, -0.25) is 4.79 Å². The highest BCUT2D eigenvalue weighted by Gasteiger charge is 2.32. The Morgan fingerprint density at radius 1 is 1.19 bits per heavy atom. The van der Waals surface area contributed by atoms with Crippen LogP contribution in [0.15, 0.2) is 0 Å². The molecule has 0 bridgehead atoms. The van der Waals surface area contributed by atoms with Gasteiger partial charge in [-0.2, -0.15) is 0 Å². The van der Waals surface area contributed by atoms with Crippen molar-refractivity contribution in [3.63, 3.8) is 0 Å². The summed E-state index contributed by atoms with van der Waals surface area (Å²) in [6.07, 6.45) is 2.30. The van der Waals surface area contributed by atoms with Crippen molar-refractivity contribution in [2.24, 2.45) is 5.41 Å². The van der Waals surface area contributed by atoms with Crippen LogP contribution in [-0.4, -0.2) is 53.6 Å². The first-order chi connectivity index (χ1) is 9.71. The van der Waals surface area contributed by atoms with Gasteiger partial charge in [-0.15, -0.1) is 0 Å². The first-order valence-corrected chi connectivity index (χ1v) is 7.27. The smallest absolute Gasteiger partial charge is 0.326 e. The van der Waals surface area contributed by atoms with E-state index in [0.29, 0.717) is 0 Å². The Hall–Kier alpha value is -1.79. The molecule has 0 spiro atoms. The summed E-state index contributed by atoms with van der Waals surface area (Å²) in [5.41, 5.74) is -0.589. The van der Waals surface area contributed by atoms with Crippen molar-refractivity contribution in [1.29, 1.82) is 0 Å². The highest BCUT2D eigenvalue weighted by atomic mass is 16.4. The van der Waals surface area contributed by atoms with E-state index in [1.807, 2.05) is 0 Å². The topological polar surface area (TPSA) is 98.7 Å². The summed E-state index contributed by atoms with van der Waals surface area (Å²) >= 11 is 0. The van der Waals surface area contributed by atoms with E-state index in [0.717, 1.165) is 25.9 Å². The summed E-state index contributed by atoms with van der Waals surface area (Å²) in [4.78, 5) is 36.4. The molecule has 7 heteroatoms. The first-order valence-electron chi connectivity index (χ1n) is 7.27. The number of hydrogen-bond donors (Lipinski definition) is 3. The number of carbonyl (C=O) groups is 3. The third-order valence-corrected chi connectivity index (χ3v) is 3.47. The predicted octanol–water partition coefficient (Wildman–Crippen LogP) is 0.797. The lowest BCUT2D eigenvalue weighted by Gasteiger charge is -2.27. The molecule has 1 aliphatic heterocycles. The molecule has 3 amide bonds. The van der Waals surface area contributed by atoms with Crippen LogP contribution in [0.25, 0.3) is 0 Å². The molecule has 0 saturated carbocycles. The van der Waals surface area contributed by atoms with Crippen LogP contribution in [0.1, 0.15) is 40.0 Å². The van der Waals surface area contributed by atoms with E-state index >= 15 is 0 Å².